The average Bonchev–Trinajstić information content (AvgIpc) is 2.75. The molecule has 1 heterocycles. The highest BCUT2D eigenvalue weighted by molar-refractivity contribution is 7.88. The van der Waals surface area contributed by atoms with Gasteiger partial charge in [-0.25, -0.2) is 22.9 Å². The average molecular weight is 293 g/mol. The molecule has 18 heavy (non-hydrogen) atoms. The van der Waals surface area contributed by atoms with Gasteiger partial charge in [0.25, 0.3) is 0 Å². The van der Waals surface area contributed by atoms with E-state index in [1.165, 1.54) is 24.6 Å². The van der Waals surface area contributed by atoms with Gasteiger partial charge in [0.1, 0.15) is 4.88 Å². The van der Waals surface area contributed by atoms with Crippen molar-refractivity contribution < 1.29 is 17.9 Å². The number of sulfonamides is 1. The molecule has 0 fully saturated rings. The van der Waals surface area contributed by atoms with Gasteiger partial charge >= 0.3 is 5.97 Å². The van der Waals surface area contributed by atoms with Gasteiger partial charge < -0.3 is 10.1 Å². The zero-order chi connectivity index (χ0) is 13.6. The highest BCUT2D eigenvalue weighted by Crippen LogP contribution is 2.18. The van der Waals surface area contributed by atoms with Crippen molar-refractivity contribution in [2.75, 3.05) is 31.8 Å². The van der Waals surface area contributed by atoms with Crippen LogP contribution >= 0.6 is 11.3 Å². The number of esters is 1. The molecule has 1 aromatic heterocycles. The van der Waals surface area contributed by atoms with E-state index in [2.05, 4.69) is 19.8 Å². The molecule has 0 saturated carbocycles. The maximum atomic E-state index is 11.2. The monoisotopic (exact) mass is 293 g/mol. The molecular formula is C9H15N3O4S2. The van der Waals surface area contributed by atoms with Gasteiger partial charge in [-0.2, -0.15) is 0 Å². The highest BCUT2D eigenvalue weighted by atomic mass is 32.2. The summed E-state index contributed by atoms with van der Waals surface area (Å²) >= 11 is 1.19. The Morgan fingerprint density at radius 2 is 2.22 bits per heavy atom. The summed E-state index contributed by atoms with van der Waals surface area (Å²) in [4.78, 5) is 15.6. The number of ether oxygens (including phenoxy) is 1. The minimum atomic E-state index is -3.13. The van der Waals surface area contributed by atoms with Crippen molar-refractivity contribution in [3.8, 4) is 0 Å². The van der Waals surface area contributed by atoms with Crippen LogP contribution in [0.25, 0.3) is 0 Å². The summed E-state index contributed by atoms with van der Waals surface area (Å²) < 4.78 is 28.5. The lowest BCUT2D eigenvalue weighted by atomic mass is 10.4. The Morgan fingerprint density at radius 3 is 2.83 bits per heavy atom. The number of methoxy groups -OCH3 is 1. The summed E-state index contributed by atoms with van der Waals surface area (Å²) in [5, 5.41) is 3.60. The number of carbonyl (C=O) groups is 1. The number of nitrogens with zero attached hydrogens (tertiary/aromatic N) is 1. The van der Waals surface area contributed by atoms with Crippen LogP contribution in [0.5, 0.6) is 0 Å². The van der Waals surface area contributed by atoms with Crippen LogP contribution in [-0.2, 0) is 14.8 Å². The number of aromatic nitrogens is 1. The van der Waals surface area contributed by atoms with E-state index in [1.54, 1.807) is 0 Å². The smallest absolute Gasteiger partial charge is 0.349 e. The van der Waals surface area contributed by atoms with Gasteiger partial charge in [0.05, 0.1) is 19.6 Å². The van der Waals surface area contributed by atoms with Crippen LogP contribution in [0.15, 0.2) is 6.20 Å². The Labute approximate surface area is 110 Å². The molecule has 0 aliphatic carbocycles. The van der Waals surface area contributed by atoms with E-state index in [9.17, 15) is 13.2 Å². The second kappa shape index (κ2) is 6.66. The van der Waals surface area contributed by atoms with Crippen LogP contribution in [0.1, 0.15) is 16.1 Å². The van der Waals surface area contributed by atoms with Crippen molar-refractivity contribution in [2.24, 2.45) is 0 Å². The first-order valence-corrected chi connectivity index (χ1v) is 7.86. The van der Waals surface area contributed by atoms with Crippen LogP contribution in [0.3, 0.4) is 0 Å². The molecule has 7 nitrogen and oxygen atoms in total. The molecule has 0 atom stereocenters. The molecule has 0 unspecified atom stereocenters. The third-order valence-corrected chi connectivity index (χ3v) is 3.55. The van der Waals surface area contributed by atoms with Gasteiger partial charge in [-0.15, -0.1) is 0 Å². The Morgan fingerprint density at radius 1 is 1.50 bits per heavy atom. The predicted octanol–water partition coefficient (Wildman–Crippen LogP) is 0.281. The second-order valence-corrected chi connectivity index (χ2v) is 6.33. The molecule has 0 bridgehead atoms. The van der Waals surface area contributed by atoms with Gasteiger partial charge in [-0.3, -0.25) is 0 Å². The Bertz CT molecular complexity index is 498. The van der Waals surface area contributed by atoms with E-state index in [0.29, 0.717) is 29.5 Å². The normalized spacial score (nSPS) is 11.2. The van der Waals surface area contributed by atoms with Crippen molar-refractivity contribution in [1.29, 1.82) is 0 Å². The summed E-state index contributed by atoms with van der Waals surface area (Å²) in [5.74, 6) is -0.417. The fraction of sp³-hybridized carbons (Fsp3) is 0.556. The first kappa shape index (κ1) is 14.9. The van der Waals surface area contributed by atoms with Gasteiger partial charge in [0, 0.05) is 13.1 Å². The summed E-state index contributed by atoms with van der Waals surface area (Å²) in [6.45, 7) is 0.928. The third-order valence-electron chi connectivity index (χ3n) is 1.89. The van der Waals surface area contributed by atoms with Crippen LogP contribution < -0.4 is 10.0 Å². The van der Waals surface area contributed by atoms with Gasteiger partial charge in [0.15, 0.2) is 5.13 Å². The maximum Gasteiger partial charge on any atom is 0.349 e. The molecular weight excluding hydrogens is 278 g/mol. The summed E-state index contributed by atoms with van der Waals surface area (Å²) in [7, 11) is -1.82. The number of nitrogens with one attached hydrogen (secondary N) is 2. The minimum absolute atomic E-state index is 0.362. The first-order chi connectivity index (χ1) is 8.42. The largest absolute Gasteiger partial charge is 0.465 e. The second-order valence-electron chi connectivity index (χ2n) is 3.47. The topological polar surface area (TPSA) is 97.4 Å². The number of hydrogen-bond donors (Lipinski definition) is 2. The standard InChI is InChI=1S/C9H15N3O4S2/c1-16-8(13)7-6-11-9(17-7)10-4-3-5-12-18(2,14)15/h6,12H,3-5H2,1-2H3,(H,10,11). The van der Waals surface area contributed by atoms with Crippen LogP contribution in [-0.4, -0.2) is 45.8 Å². The van der Waals surface area contributed by atoms with Crippen molar-refractivity contribution in [3.63, 3.8) is 0 Å². The molecule has 1 rings (SSSR count). The molecule has 0 radical (unpaired) electrons. The minimum Gasteiger partial charge on any atom is -0.465 e. The molecule has 0 spiro atoms. The lowest BCUT2D eigenvalue weighted by Crippen LogP contribution is -2.24. The van der Waals surface area contributed by atoms with Gasteiger partial charge in [-0.1, -0.05) is 11.3 Å². The van der Waals surface area contributed by atoms with E-state index in [4.69, 9.17) is 0 Å². The van der Waals surface area contributed by atoms with Crippen LogP contribution in [0.4, 0.5) is 5.13 Å². The predicted molar refractivity (Wildman–Crippen MR) is 69.4 cm³/mol. The fourth-order valence-electron chi connectivity index (χ4n) is 1.09. The quantitative estimate of drug-likeness (QED) is 0.553. The molecule has 0 aromatic carbocycles. The lowest BCUT2D eigenvalue weighted by Gasteiger charge is -2.03. The van der Waals surface area contributed by atoms with E-state index in [-0.39, 0.29) is 0 Å². The highest BCUT2D eigenvalue weighted by Gasteiger charge is 2.09. The molecule has 0 aliphatic rings. The first-order valence-electron chi connectivity index (χ1n) is 5.15. The molecule has 1 aromatic rings. The molecule has 0 saturated heterocycles. The van der Waals surface area contributed by atoms with E-state index in [1.807, 2.05) is 0 Å². The Balaban J connectivity index is 2.28. The third kappa shape index (κ3) is 5.43. The van der Waals surface area contributed by atoms with Gasteiger partial charge in [-0.05, 0) is 6.42 Å². The SMILES string of the molecule is COC(=O)c1cnc(NCCCNS(C)(=O)=O)s1. The summed E-state index contributed by atoms with van der Waals surface area (Å²) in [6, 6.07) is 0. The Hall–Kier alpha value is -1.19. The zero-order valence-corrected chi connectivity index (χ0v) is 11.7. The maximum absolute atomic E-state index is 11.2. The molecule has 102 valence electrons. The molecule has 0 aliphatic heterocycles. The molecule has 2 N–H and O–H groups in total. The number of hydrogen-bond acceptors (Lipinski definition) is 7. The summed E-state index contributed by atoms with van der Waals surface area (Å²) in [6.07, 6.45) is 3.18. The number of thiazole rings is 1. The van der Waals surface area contributed by atoms with E-state index in [0.717, 1.165) is 6.26 Å². The number of carbonyl (C=O) groups excluding carboxylic acids is 1. The fourth-order valence-corrected chi connectivity index (χ4v) is 2.37. The number of rotatable bonds is 7. The van der Waals surface area contributed by atoms with Crippen molar-refractivity contribution in [2.45, 2.75) is 6.42 Å². The lowest BCUT2D eigenvalue weighted by molar-refractivity contribution is 0.0606. The van der Waals surface area contributed by atoms with Crippen molar-refractivity contribution >= 4 is 32.5 Å². The van der Waals surface area contributed by atoms with Crippen molar-refractivity contribution in [1.82, 2.24) is 9.71 Å². The Kier molecular flexibility index (Phi) is 5.51. The zero-order valence-electron chi connectivity index (χ0n) is 10.1. The molecule has 0 amide bonds. The molecule has 9 heteroatoms. The number of anilines is 1. The van der Waals surface area contributed by atoms with Crippen LogP contribution in [0.2, 0.25) is 0 Å². The van der Waals surface area contributed by atoms with Gasteiger partial charge in [0.2, 0.25) is 10.0 Å². The van der Waals surface area contributed by atoms with E-state index >= 15 is 0 Å². The van der Waals surface area contributed by atoms with Crippen molar-refractivity contribution in [3.05, 3.63) is 11.1 Å². The van der Waals surface area contributed by atoms with Crippen LogP contribution in [0, 0.1) is 0 Å². The summed E-state index contributed by atoms with van der Waals surface area (Å²) in [5.41, 5.74) is 0. The van der Waals surface area contributed by atoms with E-state index < -0.39 is 16.0 Å².